The Morgan fingerprint density at radius 3 is 2.75 bits per heavy atom. The van der Waals surface area contributed by atoms with Gasteiger partial charge in [-0.1, -0.05) is 0 Å². The zero-order chi connectivity index (χ0) is 14.7. The molecule has 0 saturated heterocycles. The van der Waals surface area contributed by atoms with Crippen LogP contribution in [0.15, 0.2) is 18.2 Å². The lowest BCUT2D eigenvalue weighted by Crippen LogP contribution is -2.14. The molecule has 0 unspecified atom stereocenters. The number of hydrogen-bond acceptors (Lipinski definition) is 2. The first-order chi connectivity index (χ1) is 9.47. The van der Waals surface area contributed by atoms with Crippen LogP contribution >= 0.6 is 0 Å². The van der Waals surface area contributed by atoms with Crippen molar-refractivity contribution in [3.63, 3.8) is 0 Å². The predicted octanol–water partition coefficient (Wildman–Crippen LogP) is 2.88. The van der Waals surface area contributed by atoms with Gasteiger partial charge in [-0.25, -0.2) is 8.78 Å². The summed E-state index contributed by atoms with van der Waals surface area (Å²) in [4.78, 5) is 11.8. The number of aryl methyl sites for hydroxylation is 2. The van der Waals surface area contributed by atoms with Gasteiger partial charge in [0.1, 0.15) is 11.6 Å². The number of anilines is 1. The number of benzene rings is 1. The largest absolute Gasteiger partial charge is 0.324 e. The highest BCUT2D eigenvalue weighted by molar-refractivity contribution is 5.90. The summed E-state index contributed by atoms with van der Waals surface area (Å²) in [5.74, 6) is -1.62. The number of rotatable bonds is 4. The molecule has 0 aliphatic rings. The van der Waals surface area contributed by atoms with Gasteiger partial charge in [0.15, 0.2) is 0 Å². The van der Waals surface area contributed by atoms with Crippen LogP contribution in [0.1, 0.15) is 23.4 Å². The van der Waals surface area contributed by atoms with Gasteiger partial charge in [0, 0.05) is 18.2 Å². The van der Waals surface area contributed by atoms with Gasteiger partial charge >= 0.3 is 0 Å². The Labute approximate surface area is 115 Å². The Morgan fingerprint density at radius 1 is 1.35 bits per heavy atom. The van der Waals surface area contributed by atoms with Crippen LogP contribution in [0.5, 0.6) is 0 Å². The van der Waals surface area contributed by atoms with Crippen LogP contribution in [0.4, 0.5) is 14.5 Å². The number of aromatic nitrogens is 2. The number of halogens is 2. The number of H-pyrrole nitrogens is 1. The first-order valence-electron chi connectivity index (χ1n) is 6.22. The molecule has 2 aromatic rings. The highest BCUT2D eigenvalue weighted by atomic mass is 19.1. The Hall–Kier alpha value is -2.24. The quantitative estimate of drug-likeness (QED) is 0.904. The van der Waals surface area contributed by atoms with E-state index in [1.54, 1.807) is 0 Å². The van der Waals surface area contributed by atoms with Crippen LogP contribution in [-0.2, 0) is 11.2 Å². The number of carbonyl (C=O) groups excluding carboxylic acids is 1. The maximum atomic E-state index is 13.4. The summed E-state index contributed by atoms with van der Waals surface area (Å²) in [5.41, 5.74) is 2.58. The molecule has 0 aliphatic heterocycles. The second kappa shape index (κ2) is 5.81. The molecule has 0 atom stereocenters. The molecule has 0 fully saturated rings. The van der Waals surface area contributed by atoms with Crippen LogP contribution in [0.25, 0.3) is 0 Å². The van der Waals surface area contributed by atoms with Gasteiger partial charge in [-0.05, 0) is 38.0 Å². The number of nitrogens with one attached hydrogen (secondary N) is 2. The van der Waals surface area contributed by atoms with Crippen LogP contribution < -0.4 is 5.32 Å². The molecule has 6 heteroatoms. The monoisotopic (exact) mass is 279 g/mol. The van der Waals surface area contributed by atoms with E-state index >= 15 is 0 Å². The van der Waals surface area contributed by atoms with Crippen molar-refractivity contribution in [2.24, 2.45) is 0 Å². The molecule has 1 aromatic heterocycles. The molecular formula is C14H15F2N3O. The topological polar surface area (TPSA) is 57.8 Å². The average Bonchev–Trinajstić information content (AvgIpc) is 2.71. The smallest absolute Gasteiger partial charge is 0.224 e. The van der Waals surface area contributed by atoms with E-state index in [9.17, 15) is 13.6 Å². The third-order valence-corrected chi connectivity index (χ3v) is 3.09. The summed E-state index contributed by atoms with van der Waals surface area (Å²) in [7, 11) is 0. The van der Waals surface area contributed by atoms with Gasteiger partial charge in [-0.15, -0.1) is 0 Å². The molecule has 0 aliphatic carbocycles. The lowest BCUT2D eigenvalue weighted by Gasteiger charge is -2.06. The third kappa shape index (κ3) is 3.20. The summed E-state index contributed by atoms with van der Waals surface area (Å²) in [6.45, 7) is 3.72. The molecule has 2 rings (SSSR count). The fraction of sp³-hybridized carbons (Fsp3) is 0.286. The summed E-state index contributed by atoms with van der Waals surface area (Å²) < 4.78 is 26.4. The molecule has 0 spiro atoms. The molecule has 1 amide bonds. The van der Waals surface area contributed by atoms with E-state index in [-0.39, 0.29) is 18.0 Å². The first-order valence-corrected chi connectivity index (χ1v) is 6.22. The van der Waals surface area contributed by atoms with E-state index < -0.39 is 11.6 Å². The maximum Gasteiger partial charge on any atom is 0.224 e. The van der Waals surface area contributed by atoms with Gasteiger partial charge < -0.3 is 5.32 Å². The van der Waals surface area contributed by atoms with Crippen LogP contribution in [0.3, 0.4) is 0 Å². The van der Waals surface area contributed by atoms with Crippen LogP contribution in [-0.4, -0.2) is 16.1 Å². The van der Waals surface area contributed by atoms with Crippen molar-refractivity contribution in [2.75, 3.05) is 5.32 Å². The summed E-state index contributed by atoms with van der Waals surface area (Å²) in [6.07, 6.45) is 0.675. The normalized spacial score (nSPS) is 10.6. The molecule has 4 nitrogen and oxygen atoms in total. The lowest BCUT2D eigenvalue weighted by molar-refractivity contribution is -0.116. The summed E-state index contributed by atoms with van der Waals surface area (Å²) in [5, 5.41) is 9.24. The second-order valence-electron chi connectivity index (χ2n) is 4.58. The molecule has 2 N–H and O–H groups in total. The van der Waals surface area contributed by atoms with Gasteiger partial charge in [-0.2, -0.15) is 5.10 Å². The number of aromatic amines is 1. The number of nitrogens with zero attached hydrogens (tertiary/aromatic N) is 1. The molecule has 0 saturated carbocycles. The average molecular weight is 279 g/mol. The first kappa shape index (κ1) is 14.2. The van der Waals surface area contributed by atoms with Crippen molar-refractivity contribution in [2.45, 2.75) is 26.7 Å². The predicted molar refractivity (Wildman–Crippen MR) is 71.4 cm³/mol. The van der Waals surface area contributed by atoms with E-state index in [4.69, 9.17) is 0 Å². The van der Waals surface area contributed by atoms with Gasteiger partial charge in [0.25, 0.3) is 0 Å². The standard InChI is InChI=1S/C14H15F2N3O/c1-8-11(9(2)19-18-8)4-6-14(20)17-13-7-10(15)3-5-12(13)16/h3,5,7H,4,6H2,1-2H3,(H,17,20)(H,18,19). The molecule has 1 aromatic carbocycles. The van der Waals surface area contributed by atoms with E-state index in [1.807, 2.05) is 13.8 Å². The highest BCUT2D eigenvalue weighted by Crippen LogP contribution is 2.16. The molecule has 1 heterocycles. The molecule has 106 valence electrons. The molecule has 0 bridgehead atoms. The minimum Gasteiger partial charge on any atom is -0.324 e. The Kier molecular flexibility index (Phi) is 4.12. The van der Waals surface area contributed by atoms with E-state index in [1.165, 1.54) is 0 Å². The van der Waals surface area contributed by atoms with Crippen molar-refractivity contribution in [3.8, 4) is 0 Å². The minimum atomic E-state index is -0.657. The van der Waals surface area contributed by atoms with Crippen molar-refractivity contribution in [1.29, 1.82) is 0 Å². The maximum absolute atomic E-state index is 13.4. The van der Waals surface area contributed by atoms with Crippen molar-refractivity contribution in [1.82, 2.24) is 10.2 Å². The van der Waals surface area contributed by atoms with E-state index in [0.29, 0.717) is 6.42 Å². The number of carbonyl (C=O) groups is 1. The highest BCUT2D eigenvalue weighted by Gasteiger charge is 2.11. The van der Waals surface area contributed by atoms with Crippen LogP contribution in [0, 0.1) is 25.5 Å². The van der Waals surface area contributed by atoms with E-state index in [0.717, 1.165) is 35.2 Å². The van der Waals surface area contributed by atoms with Gasteiger partial charge in [-0.3, -0.25) is 9.89 Å². The van der Waals surface area contributed by atoms with E-state index in [2.05, 4.69) is 15.5 Å². The molecule has 0 radical (unpaired) electrons. The fourth-order valence-corrected chi connectivity index (χ4v) is 1.99. The van der Waals surface area contributed by atoms with Crippen molar-refractivity contribution < 1.29 is 13.6 Å². The molecular weight excluding hydrogens is 264 g/mol. The van der Waals surface area contributed by atoms with Gasteiger partial charge in [0.2, 0.25) is 5.91 Å². The third-order valence-electron chi connectivity index (χ3n) is 3.09. The number of amides is 1. The zero-order valence-corrected chi connectivity index (χ0v) is 11.3. The lowest BCUT2D eigenvalue weighted by atomic mass is 10.1. The summed E-state index contributed by atoms with van der Waals surface area (Å²) >= 11 is 0. The van der Waals surface area contributed by atoms with Crippen LogP contribution in [0.2, 0.25) is 0 Å². The summed E-state index contributed by atoms with van der Waals surface area (Å²) in [6, 6.07) is 2.94. The molecule has 20 heavy (non-hydrogen) atoms. The SMILES string of the molecule is Cc1n[nH]c(C)c1CCC(=O)Nc1cc(F)ccc1F. The minimum absolute atomic E-state index is 0.143. The van der Waals surface area contributed by atoms with Crippen molar-refractivity contribution >= 4 is 11.6 Å². The second-order valence-corrected chi connectivity index (χ2v) is 4.58. The van der Waals surface area contributed by atoms with Crippen molar-refractivity contribution in [3.05, 3.63) is 46.8 Å². The Morgan fingerprint density at radius 2 is 2.10 bits per heavy atom. The number of hydrogen-bond donors (Lipinski definition) is 2. The zero-order valence-electron chi connectivity index (χ0n) is 11.3. The Bertz CT molecular complexity index is 618. The fourth-order valence-electron chi connectivity index (χ4n) is 1.99. The van der Waals surface area contributed by atoms with Gasteiger partial charge in [0.05, 0.1) is 11.4 Å². The Balaban J connectivity index is 1.98.